The van der Waals surface area contributed by atoms with Gasteiger partial charge in [-0.05, 0) is 11.8 Å². The number of halogens is 3. The molecule has 0 rings (SSSR count). The van der Waals surface area contributed by atoms with E-state index in [1.807, 2.05) is 0 Å². The number of amides is 1. The first-order valence-electron chi connectivity index (χ1n) is 5.13. The molecule has 2 N–H and O–H groups in total. The minimum atomic E-state index is -4.18. The van der Waals surface area contributed by atoms with E-state index in [0.717, 1.165) is 0 Å². The first-order chi connectivity index (χ1) is 7.95. The van der Waals surface area contributed by atoms with Crippen LogP contribution in [0.25, 0.3) is 0 Å². The van der Waals surface area contributed by atoms with E-state index in [-0.39, 0.29) is 36.4 Å². The van der Waals surface area contributed by atoms with E-state index in [4.69, 9.17) is 4.74 Å². The summed E-state index contributed by atoms with van der Waals surface area (Å²) in [6.45, 7) is 1.49. The van der Waals surface area contributed by atoms with Crippen LogP contribution in [0, 0.1) is 0 Å². The van der Waals surface area contributed by atoms with Gasteiger partial charge in [-0.15, -0.1) is 0 Å². The number of rotatable bonds is 9. The van der Waals surface area contributed by atoms with Crippen LogP contribution in [0.4, 0.5) is 13.2 Å². The Kier molecular flexibility index (Phi) is 9.28. The molecule has 0 saturated carbocycles. The highest BCUT2D eigenvalue weighted by molar-refractivity contribution is 8.00. The summed E-state index contributed by atoms with van der Waals surface area (Å²) in [5.41, 5.74) is -4.18. The van der Waals surface area contributed by atoms with Gasteiger partial charge in [-0.2, -0.15) is 13.2 Å². The van der Waals surface area contributed by atoms with Crippen molar-refractivity contribution < 1.29 is 22.7 Å². The molecular formula is C9H17F3N2O2S. The van der Waals surface area contributed by atoms with Gasteiger partial charge < -0.3 is 15.4 Å². The Morgan fingerprint density at radius 3 is 2.59 bits per heavy atom. The van der Waals surface area contributed by atoms with Crippen molar-refractivity contribution in [3.63, 3.8) is 0 Å². The number of thioether (sulfide) groups is 1. The van der Waals surface area contributed by atoms with E-state index in [1.54, 1.807) is 0 Å². The second-order valence-corrected chi connectivity index (χ2v) is 4.30. The molecular weight excluding hydrogens is 257 g/mol. The Hall–Kier alpha value is -0.470. The monoisotopic (exact) mass is 274 g/mol. The van der Waals surface area contributed by atoms with Crippen LogP contribution < -0.4 is 10.6 Å². The standard InChI is InChI=1S/C9H17F3N2O2S/c1-16-6-4-14-8(15)2-3-13-5-7-17-9(10,11)12/h13H,2-7H2,1H3,(H,14,15). The van der Waals surface area contributed by atoms with Gasteiger partial charge in [-0.3, -0.25) is 4.79 Å². The fraction of sp³-hybridized carbons (Fsp3) is 0.889. The number of hydrogen-bond acceptors (Lipinski definition) is 4. The molecule has 0 bridgehead atoms. The average molecular weight is 274 g/mol. The van der Waals surface area contributed by atoms with Crippen LogP contribution in [-0.2, 0) is 9.53 Å². The third-order valence-electron chi connectivity index (χ3n) is 1.70. The molecule has 1 amide bonds. The molecule has 0 saturated heterocycles. The van der Waals surface area contributed by atoms with Gasteiger partial charge in [-0.1, -0.05) is 0 Å². The van der Waals surface area contributed by atoms with Crippen LogP contribution in [0.2, 0.25) is 0 Å². The zero-order valence-electron chi connectivity index (χ0n) is 9.60. The van der Waals surface area contributed by atoms with Crippen LogP contribution in [0.15, 0.2) is 0 Å². The Labute approximate surface area is 103 Å². The lowest BCUT2D eigenvalue weighted by Crippen LogP contribution is -2.30. The topological polar surface area (TPSA) is 50.4 Å². The van der Waals surface area contributed by atoms with Gasteiger partial charge in [0, 0.05) is 38.9 Å². The van der Waals surface area contributed by atoms with Crippen LogP contribution in [-0.4, -0.2) is 50.5 Å². The molecule has 4 nitrogen and oxygen atoms in total. The first kappa shape index (κ1) is 16.5. The molecule has 0 atom stereocenters. The molecule has 0 aromatic heterocycles. The fourth-order valence-corrected chi connectivity index (χ4v) is 1.42. The minimum absolute atomic E-state index is 0.0468. The highest BCUT2D eigenvalue weighted by Gasteiger charge is 2.27. The van der Waals surface area contributed by atoms with Crippen molar-refractivity contribution >= 4 is 17.7 Å². The maximum Gasteiger partial charge on any atom is 0.441 e. The molecule has 0 spiro atoms. The zero-order valence-corrected chi connectivity index (χ0v) is 10.4. The molecule has 0 aliphatic rings. The number of nitrogens with one attached hydrogen (secondary N) is 2. The van der Waals surface area contributed by atoms with Crippen molar-refractivity contribution in [2.45, 2.75) is 11.9 Å². The highest BCUT2D eigenvalue weighted by atomic mass is 32.2. The second-order valence-electron chi connectivity index (χ2n) is 3.14. The molecule has 8 heteroatoms. The van der Waals surface area contributed by atoms with E-state index in [0.29, 0.717) is 19.7 Å². The van der Waals surface area contributed by atoms with Crippen molar-refractivity contribution in [2.24, 2.45) is 0 Å². The zero-order chi connectivity index (χ0) is 13.1. The van der Waals surface area contributed by atoms with Crippen LogP contribution in [0.5, 0.6) is 0 Å². The summed E-state index contributed by atoms with van der Waals surface area (Å²) in [6, 6.07) is 0. The molecule has 0 unspecified atom stereocenters. The maximum absolute atomic E-state index is 11.7. The maximum atomic E-state index is 11.7. The van der Waals surface area contributed by atoms with Crippen molar-refractivity contribution in [1.29, 1.82) is 0 Å². The van der Waals surface area contributed by atoms with Crippen molar-refractivity contribution in [3.05, 3.63) is 0 Å². The largest absolute Gasteiger partial charge is 0.441 e. The van der Waals surface area contributed by atoms with Gasteiger partial charge >= 0.3 is 5.51 Å². The Morgan fingerprint density at radius 1 is 1.29 bits per heavy atom. The molecule has 0 aromatic rings. The van der Waals surface area contributed by atoms with Gasteiger partial charge in [0.25, 0.3) is 0 Å². The van der Waals surface area contributed by atoms with Crippen LogP contribution >= 0.6 is 11.8 Å². The summed E-state index contributed by atoms with van der Waals surface area (Å²) in [7, 11) is 1.53. The summed E-state index contributed by atoms with van der Waals surface area (Å²) < 4.78 is 39.9. The van der Waals surface area contributed by atoms with Crippen molar-refractivity contribution in [1.82, 2.24) is 10.6 Å². The molecule has 0 radical (unpaired) electrons. The quantitative estimate of drug-likeness (QED) is 0.615. The van der Waals surface area contributed by atoms with E-state index in [9.17, 15) is 18.0 Å². The van der Waals surface area contributed by atoms with E-state index in [2.05, 4.69) is 10.6 Å². The van der Waals surface area contributed by atoms with Gasteiger partial charge in [0.15, 0.2) is 0 Å². The van der Waals surface area contributed by atoms with E-state index in [1.165, 1.54) is 7.11 Å². The molecule has 0 heterocycles. The Balaban J connectivity index is 3.25. The first-order valence-corrected chi connectivity index (χ1v) is 6.11. The lowest BCUT2D eigenvalue weighted by Gasteiger charge is -2.07. The van der Waals surface area contributed by atoms with Crippen molar-refractivity contribution in [2.75, 3.05) is 39.1 Å². The van der Waals surface area contributed by atoms with Gasteiger partial charge in [0.1, 0.15) is 0 Å². The smallest absolute Gasteiger partial charge is 0.383 e. The summed E-state index contributed by atoms with van der Waals surface area (Å²) in [5.74, 6) is -0.188. The number of ether oxygens (including phenoxy) is 1. The summed E-state index contributed by atoms with van der Waals surface area (Å²) in [4.78, 5) is 11.1. The molecule has 102 valence electrons. The summed E-state index contributed by atoms with van der Waals surface area (Å²) in [5, 5.41) is 5.38. The molecule has 0 aliphatic carbocycles. The van der Waals surface area contributed by atoms with Crippen molar-refractivity contribution in [3.8, 4) is 0 Å². The summed E-state index contributed by atoms with van der Waals surface area (Å²) in [6.07, 6.45) is 0.250. The highest BCUT2D eigenvalue weighted by Crippen LogP contribution is 2.29. The van der Waals surface area contributed by atoms with E-state index >= 15 is 0 Å². The Bertz CT molecular complexity index is 215. The summed E-state index contributed by atoms with van der Waals surface area (Å²) >= 11 is -0.0703. The molecule has 17 heavy (non-hydrogen) atoms. The van der Waals surface area contributed by atoms with Crippen LogP contribution in [0.3, 0.4) is 0 Å². The van der Waals surface area contributed by atoms with Gasteiger partial charge in [0.2, 0.25) is 5.91 Å². The average Bonchev–Trinajstić information content (AvgIpc) is 2.22. The Morgan fingerprint density at radius 2 is 2.00 bits per heavy atom. The van der Waals surface area contributed by atoms with E-state index < -0.39 is 5.51 Å². The number of methoxy groups -OCH3 is 1. The van der Waals surface area contributed by atoms with Crippen LogP contribution in [0.1, 0.15) is 6.42 Å². The number of carbonyl (C=O) groups excluding carboxylic acids is 1. The number of carbonyl (C=O) groups is 1. The number of hydrogen-bond donors (Lipinski definition) is 2. The molecule has 0 aliphatic heterocycles. The lowest BCUT2D eigenvalue weighted by atomic mass is 10.4. The predicted molar refractivity (Wildman–Crippen MR) is 60.9 cm³/mol. The lowest BCUT2D eigenvalue weighted by molar-refractivity contribution is -0.121. The predicted octanol–water partition coefficient (Wildman–Crippen LogP) is 0.982. The second kappa shape index (κ2) is 9.55. The molecule has 0 aromatic carbocycles. The SMILES string of the molecule is COCCNC(=O)CCNCCSC(F)(F)F. The normalized spacial score (nSPS) is 11.5. The minimum Gasteiger partial charge on any atom is -0.383 e. The fourth-order valence-electron chi connectivity index (χ4n) is 0.947. The number of alkyl halides is 3. The third kappa shape index (κ3) is 13.5. The third-order valence-corrected chi connectivity index (χ3v) is 2.44. The molecule has 0 fully saturated rings. The van der Waals surface area contributed by atoms with Gasteiger partial charge in [-0.25, -0.2) is 0 Å². The van der Waals surface area contributed by atoms with Gasteiger partial charge in [0.05, 0.1) is 6.61 Å².